The second-order valence-electron chi connectivity index (χ2n) is 6.54. The predicted molar refractivity (Wildman–Crippen MR) is 85.6 cm³/mol. The Morgan fingerprint density at radius 1 is 1.19 bits per heavy atom. The van der Waals surface area contributed by atoms with Crippen LogP contribution in [0.15, 0.2) is 0 Å². The molecule has 5 nitrogen and oxygen atoms in total. The zero-order chi connectivity index (χ0) is 15.1. The topological polar surface area (TPSA) is 51.0 Å². The summed E-state index contributed by atoms with van der Waals surface area (Å²) in [5.74, 6) is 0. The summed E-state index contributed by atoms with van der Waals surface area (Å²) in [7, 11) is 3.55. The van der Waals surface area contributed by atoms with Crippen molar-refractivity contribution in [3.8, 4) is 0 Å². The molecule has 0 aliphatic carbocycles. The van der Waals surface area contributed by atoms with Crippen molar-refractivity contribution in [2.24, 2.45) is 5.73 Å². The average molecular weight is 299 g/mol. The molecule has 0 saturated carbocycles. The highest BCUT2D eigenvalue weighted by atomic mass is 16.5. The van der Waals surface area contributed by atoms with E-state index >= 15 is 0 Å². The van der Waals surface area contributed by atoms with E-state index in [2.05, 4.69) is 9.80 Å². The molecular formula is C16H33N3O2. The first kappa shape index (κ1) is 17.2. The third kappa shape index (κ3) is 4.17. The van der Waals surface area contributed by atoms with E-state index in [4.69, 9.17) is 15.2 Å². The molecule has 0 spiro atoms. The highest BCUT2D eigenvalue weighted by molar-refractivity contribution is 5.01. The van der Waals surface area contributed by atoms with Gasteiger partial charge in [0.1, 0.15) is 0 Å². The van der Waals surface area contributed by atoms with Crippen molar-refractivity contribution in [1.82, 2.24) is 9.80 Å². The van der Waals surface area contributed by atoms with Crippen LogP contribution in [0.4, 0.5) is 0 Å². The molecule has 0 aromatic rings. The van der Waals surface area contributed by atoms with Gasteiger partial charge in [0, 0.05) is 58.6 Å². The first-order chi connectivity index (χ1) is 10.3. The van der Waals surface area contributed by atoms with Crippen molar-refractivity contribution in [3.05, 3.63) is 0 Å². The number of piperidine rings is 1. The molecule has 5 heteroatoms. The van der Waals surface area contributed by atoms with Crippen molar-refractivity contribution in [1.29, 1.82) is 0 Å². The molecule has 2 aliphatic heterocycles. The van der Waals surface area contributed by atoms with Crippen molar-refractivity contribution in [2.45, 2.75) is 43.7 Å². The van der Waals surface area contributed by atoms with E-state index in [1.807, 2.05) is 0 Å². The quantitative estimate of drug-likeness (QED) is 0.642. The van der Waals surface area contributed by atoms with E-state index in [0.717, 1.165) is 45.3 Å². The highest BCUT2D eigenvalue weighted by Gasteiger charge is 2.43. The number of rotatable bonds is 9. The van der Waals surface area contributed by atoms with Crippen LogP contribution < -0.4 is 5.73 Å². The van der Waals surface area contributed by atoms with Crippen LogP contribution in [-0.4, -0.2) is 81.5 Å². The van der Waals surface area contributed by atoms with Crippen LogP contribution in [0, 0.1) is 0 Å². The fraction of sp³-hybridized carbons (Fsp3) is 1.00. The Morgan fingerprint density at radius 2 is 2.00 bits per heavy atom. The van der Waals surface area contributed by atoms with Crippen LogP contribution in [0.2, 0.25) is 0 Å². The second kappa shape index (κ2) is 8.44. The fourth-order valence-corrected chi connectivity index (χ4v) is 4.10. The van der Waals surface area contributed by atoms with Crippen molar-refractivity contribution < 1.29 is 9.47 Å². The van der Waals surface area contributed by atoms with E-state index < -0.39 is 0 Å². The summed E-state index contributed by atoms with van der Waals surface area (Å²) < 4.78 is 10.5. The molecule has 0 radical (unpaired) electrons. The molecule has 0 amide bonds. The zero-order valence-corrected chi connectivity index (χ0v) is 13.9. The first-order valence-electron chi connectivity index (χ1n) is 8.43. The lowest BCUT2D eigenvalue weighted by molar-refractivity contribution is -0.00655. The average Bonchev–Trinajstić information content (AvgIpc) is 2.97. The number of fused-ring (bicyclic) bond motifs is 1. The molecule has 2 N–H and O–H groups in total. The molecule has 21 heavy (non-hydrogen) atoms. The zero-order valence-electron chi connectivity index (χ0n) is 13.9. The maximum Gasteiger partial charge on any atom is 0.0589 e. The molecule has 2 atom stereocenters. The van der Waals surface area contributed by atoms with E-state index in [0.29, 0.717) is 0 Å². The van der Waals surface area contributed by atoms with Crippen molar-refractivity contribution >= 4 is 0 Å². The van der Waals surface area contributed by atoms with Crippen molar-refractivity contribution in [2.75, 3.05) is 60.2 Å². The number of nitrogens with two attached hydrogens (primary N) is 1. The summed E-state index contributed by atoms with van der Waals surface area (Å²) >= 11 is 0. The Hall–Kier alpha value is -0.200. The van der Waals surface area contributed by atoms with Gasteiger partial charge in [0.05, 0.1) is 6.61 Å². The normalized spacial score (nSPS) is 30.0. The molecule has 2 saturated heterocycles. The third-order valence-electron chi connectivity index (χ3n) is 5.37. The Morgan fingerprint density at radius 3 is 2.71 bits per heavy atom. The minimum atomic E-state index is 0.164. The van der Waals surface area contributed by atoms with Gasteiger partial charge in [0.25, 0.3) is 0 Å². The Bertz CT molecular complexity index is 303. The number of ether oxygens (including phenoxy) is 2. The summed E-state index contributed by atoms with van der Waals surface area (Å²) in [6.45, 7) is 6.88. The van der Waals surface area contributed by atoms with Gasteiger partial charge < -0.3 is 20.1 Å². The molecule has 2 rings (SSSR count). The molecular weight excluding hydrogens is 266 g/mol. The van der Waals surface area contributed by atoms with Gasteiger partial charge in [-0.1, -0.05) is 0 Å². The van der Waals surface area contributed by atoms with Gasteiger partial charge in [0.2, 0.25) is 0 Å². The molecule has 124 valence electrons. The molecule has 2 heterocycles. The Balaban J connectivity index is 2.01. The standard InChI is InChI=1S/C16H33N3O2/c1-20-11-4-8-19(10-12-21-2)16(14-17)6-9-18-7-3-5-15(18)13-16/h15H,3-14,17H2,1-2H3. The monoisotopic (exact) mass is 299 g/mol. The highest BCUT2D eigenvalue weighted by Crippen LogP contribution is 2.36. The van der Waals surface area contributed by atoms with Crippen LogP contribution in [0.25, 0.3) is 0 Å². The molecule has 0 aromatic heterocycles. The summed E-state index contributed by atoms with van der Waals surface area (Å²) in [5.41, 5.74) is 6.43. The third-order valence-corrected chi connectivity index (χ3v) is 5.37. The van der Waals surface area contributed by atoms with Gasteiger partial charge >= 0.3 is 0 Å². The maximum absolute atomic E-state index is 6.27. The van der Waals surface area contributed by atoms with E-state index in [9.17, 15) is 0 Å². The molecule has 0 aromatic carbocycles. The smallest absolute Gasteiger partial charge is 0.0589 e. The summed E-state index contributed by atoms with van der Waals surface area (Å²) in [6.07, 6.45) is 6.18. The molecule has 2 unspecified atom stereocenters. The molecule has 2 aliphatic rings. The minimum absolute atomic E-state index is 0.164. The summed E-state index contributed by atoms with van der Waals surface area (Å²) in [5, 5.41) is 0. The van der Waals surface area contributed by atoms with Gasteiger partial charge in [0.15, 0.2) is 0 Å². The predicted octanol–water partition coefficient (Wildman–Crippen LogP) is 0.927. The lowest BCUT2D eigenvalue weighted by atomic mass is 9.81. The maximum atomic E-state index is 6.27. The number of nitrogens with zero attached hydrogens (tertiary/aromatic N) is 2. The number of methoxy groups -OCH3 is 2. The number of hydrogen-bond acceptors (Lipinski definition) is 5. The van der Waals surface area contributed by atoms with Crippen LogP contribution in [0.1, 0.15) is 32.1 Å². The summed E-state index contributed by atoms with van der Waals surface area (Å²) in [4.78, 5) is 5.25. The SMILES string of the molecule is COCCCN(CCOC)C1(CN)CCN2CCCC2C1. The second-order valence-corrected chi connectivity index (χ2v) is 6.54. The lowest BCUT2D eigenvalue weighted by Crippen LogP contribution is -2.61. The van der Waals surface area contributed by atoms with Crippen LogP contribution in [0.3, 0.4) is 0 Å². The first-order valence-corrected chi connectivity index (χ1v) is 8.43. The van der Waals surface area contributed by atoms with Gasteiger partial charge in [-0.25, -0.2) is 0 Å². The molecule has 0 bridgehead atoms. The minimum Gasteiger partial charge on any atom is -0.385 e. The van der Waals surface area contributed by atoms with Gasteiger partial charge in [-0.3, -0.25) is 4.90 Å². The Kier molecular flexibility index (Phi) is 6.89. The van der Waals surface area contributed by atoms with E-state index in [1.54, 1.807) is 14.2 Å². The lowest BCUT2D eigenvalue weighted by Gasteiger charge is -2.50. The van der Waals surface area contributed by atoms with E-state index in [1.165, 1.54) is 38.8 Å². The molecule has 2 fully saturated rings. The largest absolute Gasteiger partial charge is 0.385 e. The van der Waals surface area contributed by atoms with Crippen LogP contribution in [0.5, 0.6) is 0 Å². The van der Waals surface area contributed by atoms with Gasteiger partial charge in [-0.2, -0.15) is 0 Å². The van der Waals surface area contributed by atoms with E-state index in [-0.39, 0.29) is 5.54 Å². The fourth-order valence-electron chi connectivity index (χ4n) is 4.10. The summed E-state index contributed by atoms with van der Waals surface area (Å²) in [6, 6.07) is 0.745. The Labute approximate surface area is 129 Å². The van der Waals surface area contributed by atoms with Crippen LogP contribution in [-0.2, 0) is 9.47 Å². The van der Waals surface area contributed by atoms with Gasteiger partial charge in [-0.15, -0.1) is 0 Å². The van der Waals surface area contributed by atoms with Gasteiger partial charge in [-0.05, 0) is 38.6 Å². The van der Waals surface area contributed by atoms with Crippen molar-refractivity contribution in [3.63, 3.8) is 0 Å². The van der Waals surface area contributed by atoms with Crippen LogP contribution >= 0.6 is 0 Å². The number of hydrogen-bond donors (Lipinski definition) is 1.